The summed E-state index contributed by atoms with van der Waals surface area (Å²) in [5, 5.41) is 9.83. The molecule has 1 aliphatic heterocycles. The van der Waals surface area contributed by atoms with Crippen LogP contribution in [0, 0.1) is 5.82 Å². The number of urea groups is 1. The lowest BCUT2D eigenvalue weighted by atomic mass is 9.94. The Morgan fingerprint density at radius 3 is 2.39 bits per heavy atom. The molecule has 0 radical (unpaired) electrons. The first-order chi connectivity index (χ1) is 20.7. The van der Waals surface area contributed by atoms with Crippen molar-refractivity contribution in [3.05, 3.63) is 65.0 Å². The maximum absolute atomic E-state index is 13.8. The Kier molecular flexibility index (Phi) is 9.44. The van der Waals surface area contributed by atoms with Crippen LogP contribution in [0.3, 0.4) is 0 Å². The Hall–Kier alpha value is -4.69. The molecule has 1 spiro atoms. The zero-order chi connectivity index (χ0) is 32.2. The number of nitrogens with zero attached hydrogens (tertiary/aromatic N) is 1. The van der Waals surface area contributed by atoms with Gasteiger partial charge in [0.25, 0.3) is 5.91 Å². The van der Waals surface area contributed by atoms with Crippen molar-refractivity contribution in [2.24, 2.45) is 0 Å². The molecule has 1 aliphatic carbocycles. The quantitative estimate of drug-likeness (QED) is 0.235. The van der Waals surface area contributed by atoms with Gasteiger partial charge in [-0.2, -0.15) is 13.2 Å². The lowest BCUT2D eigenvalue weighted by Crippen LogP contribution is -2.46. The van der Waals surface area contributed by atoms with Gasteiger partial charge in [-0.1, -0.05) is 25.1 Å². The Morgan fingerprint density at radius 1 is 1.09 bits per heavy atom. The third-order valence-corrected chi connectivity index (χ3v) is 7.57. The second-order valence-electron chi connectivity index (χ2n) is 10.5. The van der Waals surface area contributed by atoms with Gasteiger partial charge in [0.2, 0.25) is 17.4 Å². The normalized spacial score (nSPS) is 19.5. The molecule has 0 aromatic heterocycles. The molecule has 1 saturated heterocycles. The highest BCUT2D eigenvalue weighted by molar-refractivity contribution is 6.04. The first-order valence-electron chi connectivity index (χ1n) is 13.8. The van der Waals surface area contributed by atoms with E-state index in [-0.39, 0.29) is 42.2 Å². The van der Waals surface area contributed by atoms with Crippen molar-refractivity contribution in [2.75, 3.05) is 18.4 Å². The first kappa shape index (κ1) is 32.2. The van der Waals surface area contributed by atoms with E-state index in [9.17, 15) is 41.5 Å². The minimum Gasteiger partial charge on any atom is -0.427 e. The van der Waals surface area contributed by atoms with Gasteiger partial charge in [-0.3, -0.25) is 19.7 Å². The number of carbonyl (C=O) groups is 5. The van der Waals surface area contributed by atoms with Crippen molar-refractivity contribution >= 4 is 35.5 Å². The molecule has 0 bridgehead atoms. The van der Waals surface area contributed by atoms with E-state index in [0.29, 0.717) is 16.9 Å². The van der Waals surface area contributed by atoms with Crippen LogP contribution in [0.5, 0.6) is 0 Å². The van der Waals surface area contributed by atoms with Crippen LogP contribution in [0.4, 0.5) is 32.8 Å². The summed E-state index contributed by atoms with van der Waals surface area (Å²) >= 11 is 0. The maximum Gasteiger partial charge on any atom is 0.415 e. The van der Waals surface area contributed by atoms with Crippen LogP contribution in [0.15, 0.2) is 42.5 Å². The van der Waals surface area contributed by atoms with Crippen LogP contribution < -0.4 is 21.3 Å². The van der Waals surface area contributed by atoms with Crippen molar-refractivity contribution in [2.45, 2.75) is 63.4 Å². The standard InChI is InChI=1S/C29H31F4N5O6/c1-3-23(39)34-10-11-35-26(42)36-20-8-9-22-21(13-20)18(14-28(22)25(41)37-27(43)44-28)12-24(40)38(16(2)29(31,32)33)15-17-4-6-19(30)7-5-17/h4-9,13,16,18H,3,10-12,14-15H2,1-2H3,(H,34,39)(H2,35,36,42)(H,37,41,43)/t16?,18?,28-/m1/s1. The van der Waals surface area contributed by atoms with Gasteiger partial charge in [0.1, 0.15) is 11.9 Å². The van der Waals surface area contributed by atoms with E-state index >= 15 is 0 Å². The third-order valence-electron chi connectivity index (χ3n) is 7.57. The summed E-state index contributed by atoms with van der Waals surface area (Å²) in [6.07, 6.45) is -6.20. The molecule has 1 heterocycles. The van der Waals surface area contributed by atoms with Gasteiger partial charge in [-0.15, -0.1) is 0 Å². The van der Waals surface area contributed by atoms with Crippen LogP contribution in [0.1, 0.15) is 55.7 Å². The predicted molar refractivity (Wildman–Crippen MR) is 148 cm³/mol. The minimum atomic E-state index is -4.77. The van der Waals surface area contributed by atoms with Gasteiger partial charge in [0.05, 0.1) is 0 Å². The van der Waals surface area contributed by atoms with Gasteiger partial charge in [-0.25, -0.2) is 14.0 Å². The molecule has 3 atom stereocenters. The van der Waals surface area contributed by atoms with E-state index in [4.69, 9.17) is 4.74 Å². The van der Waals surface area contributed by atoms with Crippen molar-refractivity contribution in [1.82, 2.24) is 20.9 Å². The number of halogens is 4. The fraction of sp³-hybridized carbons (Fsp3) is 0.414. The van der Waals surface area contributed by atoms with Crippen molar-refractivity contribution in [3.8, 4) is 0 Å². The number of rotatable bonds is 10. The van der Waals surface area contributed by atoms with E-state index in [1.807, 2.05) is 0 Å². The van der Waals surface area contributed by atoms with Crippen LogP contribution in [-0.2, 0) is 31.3 Å². The predicted octanol–water partition coefficient (Wildman–Crippen LogP) is 3.79. The molecule has 44 heavy (non-hydrogen) atoms. The molecule has 2 unspecified atom stereocenters. The monoisotopic (exact) mass is 621 g/mol. The summed E-state index contributed by atoms with van der Waals surface area (Å²) in [6, 6.07) is 6.27. The topological polar surface area (TPSA) is 146 Å². The molecule has 1 fully saturated rings. The number of carbonyl (C=O) groups excluding carboxylic acids is 5. The number of fused-ring (bicyclic) bond motifs is 2. The number of alkyl halides is 3. The maximum atomic E-state index is 13.8. The number of ether oxygens (including phenoxy) is 1. The fourth-order valence-electron chi connectivity index (χ4n) is 5.24. The van der Waals surface area contributed by atoms with Gasteiger partial charge in [0, 0.05) is 50.1 Å². The number of hydrogen-bond donors (Lipinski definition) is 4. The van der Waals surface area contributed by atoms with Crippen LogP contribution in [-0.4, -0.2) is 60.1 Å². The zero-order valence-electron chi connectivity index (χ0n) is 23.8. The molecule has 4 rings (SSSR count). The summed E-state index contributed by atoms with van der Waals surface area (Å²) in [5.41, 5.74) is -0.717. The molecule has 2 aromatic rings. The molecule has 236 valence electrons. The molecule has 4 N–H and O–H groups in total. The van der Waals surface area contributed by atoms with E-state index in [1.165, 1.54) is 30.3 Å². The number of nitrogens with one attached hydrogen (secondary N) is 4. The lowest BCUT2D eigenvalue weighted by Gasteiger charge is -2.32. The van der Waals surface area contributed by atoms with Crippen LogP contribution in [0.2, 0.25) is 0 Å². The SMILES string of the molecule is CCC(=O)NCCNC(=O)Nc1ccc2c(c1)C(CC(=O)N(Cc1ccc(F)cc1)C(C)C(F)(F)F)C[C@@]21OC(=O)NC1=O. The van der Waals surface area contributed by atoms with Crippen LogP contribution >= 0.6 is 0 Å². The van der Waals surface area contributed by atoms with E-state index in [2.05, 4.69) is 21.3 Å². The Morgan fingerprint density at radius 2 is 1.77 bits per heavy atom. The molecule has 15 heteroatoms. The van der Waals surface area contributed by atoms with E-state index in [0.717, 1.165) is 19.1 Å². The molecule has 6 amide bonds. The second kappa shape index (κ2) is 12.9. The Bertz CT molecular complexity index is 1450. The van der Waals surface area contributed by atoms with E-state index in [1.54, 1.807) is 6.92 Å². The van der Waals surface area contributed by atoms with Crippen LogP contribution in [0.25, 0.3) is 0 Å². The number of anilines is 1. The van der Waals surface area contributed by atoms with Crippen molar-refractivity contribution < 1.29 is 46.3 Å². The van der Waals surface area contributed by atoms with Crippen molar-refractivity contribution in [3.63, 3.8) is 0 Å². The van der Waals surface area contributed by atoms with E-state index < -0.39 is 66.5 Å². The Balaban J connectivity index is 1.58. The summed E-state index contributed by atoms with van der Waals surface area (Å²) < 4.78 is 60.3. The third kappa shape index (κ3) is 7.09. The summed E-state index contributed by atoms with van der Waals surface area (Å²) in [6.45, 7) is 2.39. The molecular weight excluding hydrogens is 590 g/mol. The lowest BCUT2D eigenvalue weighted by molar-refractivity contribution is -0.187. The second-order valence-corrected chi connectivity index (χ2v) is 10.5. The Labute approximate surface area is 249 Å². The first-order valence-corrected chi connectivity index (χ1v) is 13.8. The van der Waals surface area contributed by atoms with Gasteiger partial charge < -0.3 is 25.6 Å². The number of amides is 6. The van der Waals surface area contributed by atoms with Gasteiger partial charge in [0.15, 0.2) is 0 Å². The average molecular weight is 622 g/mol. The molecular formula is C29H31F4N5O6. The van der Waals surface area contributed by atoms with Gasteiger partial charge >= 0.3 is 18.3 Å². The highest BCUT2D eigenvalue weighted by Gasteiger charge is 2.57. The minimum absolute atomic E-state index is 0.125. The summed E-state index contributed by atoms with van der Waals surface area (Å²) in [5.74, 6) is -3.33. The number of benzene rings is 2. The highest BCUT2D eigenvalue weighted by Crippen LogP contribution is 2.51. The van der Waals surface area contributed by atoms with Gasteiger partial charge in [-0.05, 0) is 48.2 Å². The molecule has 0 saturated carbocycles. The largest absolute Gasteiger partial charge is 0.427 e. The molecule has 11 nitrogen and oxygen atoms in total. The number of hydrogen-bond acceptors (Lipinski definition) is 6. The average Bonchev–Trinajstić information content (AvgIpc) is 3.42. The molecule has 2 aliphatic rings. The number of imide groups is 1. The number of alkyl carbamates (subject to hydrolysis) is 1. The zero-order valence-corrected chi connectivity index (χ0v) is 23.8. The summed E-state index contributed by atoms with van der Waals surface area (Å²) in [4.78, 5) is 62.8. The fourth-order valence-corrected chi connectivity index (χ4v) is 5.24. The highest BCUT2D eigenvalue weighted by atomic mass is 19.4. The van der Waals surface area contributed by atoms with Crippen molar-refractivity contribution in [1.29, 1.82) is 0 Å². The smallest absolute Gasteiger partial charge is 0.415 e. The molecule has 2 aromatic carbocycles. The summed E-state index contributed by atoms with van der Waals surface area (Å²) in [7, 11) is 0.